The van der Waals surface area contributed by atoms with Gasteiger partial charge in [0.2, 0.25) is 0 Å². The molecule has 5 heteroatoms. The molecule has 0 fully saturated rings. The summed E-state index contributed by atoms with van der Waals surface area (Å²) < 4.78 is 6.76. The normalized spacial score (nSPS) is 13.7. The van der Waals surface area contributed by atoms with E-state index in [4.69, 9.17) is 4.42 Å². The first-order valence-electron chi connectivity index (χ1n) is 17.5. The van der Waals surface area contributed by atoms with Gasteiger partial charge in [-0.1, -0.05) is 133 Å². The van der Waals surface area contributed by atoms with E-state index in [1.807, 2.05) is 11.8 Å². The first-order valence-corrected chi connectivity index (χ1v) is 18.3. The summed E-state index contributed by atoms with van der Waals surface area (Å²) in [6.07, 6.45) is 0. The third kappa shape index (κ3) is 3.71. The van der Waals surface area contributed by atoms with Gasteiger partial charge in [-0.2, -0.15) is 0 Å². The average molecular weight is 667 g/mol. The van der Waals surface area contributed by atoms with Crippen molar-refractivity contribution in [3.63, 3.8) is 0 Å². The Morgan fingerprint density at radius 2 is 1.25 bits per heavy atom. The van der Waals surface area contributed by atoms with E-state index in [9.17, 15) is 0 Å². The quantitative estimate of drug-likeness (QED) is 0.171. The number of fused-ring (bicyclic) bond motifs is 12. The molecule has 0 bridgehead atoms. The number of benzene rings is 8. The standard InChI is InChI=1S/C46H27BN2OS/c1-2-11-28(12-3-1)29-21-24-31(25-22-29)49-44-32-14-5-4-13-30(32)23-26-33(44)35-27-39-42(34-15-6-8-18-38(34)50-39)46-43(35)47(49)36-16-10-20-41-45(36)48(46)37-17-7-9-19-40(37)51-41/h1-27H. The monoisotopic (exact) mass is 666 g/mol. The highest BCUT2D eigenvalue weighted by atomic mass is 32.2. The molecule has 9 aromatic rings. The summed E-state index contributed by atoms with van der Waals surface area (Å²) >= 11 is 1.87. The molecule has 0 saturated heterocycles. The Morgan fingerprint density at radius 3 is 2.16 bits per heavy atom. The molecule has 236 valence electrons. The topological polar surface area (TPSA) is 19.6 Å². The molecular weight excluding hydrogens is 639 g/mol. The van der Waals surface area contributed by atoms with Crippen molar-refractivity contribution in [1.82, 2.24) is 0 Å². The van der Waals surface area contributed by atoms with Crippen LogP contribution in [0.2, 0.25) is 0 Å². The van der Waals surface area contributed by atoms with Crippen molar-refractivity contribution in [3.8, 4) is 22.3 Å². The molecule has 3 nitrogen and oxygen atoms in total. The Balaban J connectivity index is 1.25. The van der Waals surface area contributed by atoms with Crippen molar-refractivity contribution in [2.24, 2.45) is 0 Å². The third-order valence-corrected chi connectivity index (χ3v) is 12.1. The number of para-hydroxylation sites is 3. The zero-order valence-electron chi connectivity index (χ0n) is 27.4. The van der Waals surface area contributed by atoms with Gasteiger partial charge in [0.15, 0.2) is 0 Å². The van der Waals surface area contributed by atoms with E-state index in [1.165, 1.54) is 87.6 Å². The Bertz CT molecular complexity index is 2920. The second-order valence-electron chi connectivity index (χ2n) is 13.6. The number of anilines is 5. The van der Waals surface area contributed by atoms with Gasteiger partial charge in [-0.25, -0.2) is 0 Å². The van der Waals surface area contributed by atoms with Gasteiger partial charge in [0.05, 0.1) is 22.4 Å². The van der Waals surface area contributed by atoms with E-state index in [1.54, 1.807) is 0 Å². The minimum Gasteiger partial charge on any atom is -0.456 e. The minimum absolute atomic E-state index is 0.0778. The molecule has 4 heterocycles. The van der Waals surface area contributed by atoms with Crippen LogP contribution in [-0.4, -0.2) is 6.85 Å². The van der Waals surface area contributed by atoms with Crippen molar-refractivity contribution in [2.45, 2.75) is 9.79 Å². The molecule has 12 rings (SSSR count). The maximum atomic E-state index is 6.76. The smallest absolute Gasteiger partial charge is 0.333 e. The number of rotatable bonds is 2. The van der Waals surface area contributed by atoms with Gasteiger partial charge in [-0.05, 0) is 75.5 Å². The van der Waals surface area contributed by atoms with Gasteiger partial charge in [-0.3, -0.25) is 0 Å². The maximum absolute atomic E-state index is 6.76. The van der Waals surface area contributed by atoms with Crippen molar-refractivity contribution in [1.29, 1.82) is 0 Å². The summed E-state index contributed by atoms with van der Waals surface area (Å²) in [4.78, 5) is 7.71. The van der Waals surface area contributed by atoms with Crippen LogP contribution in [0.5, 0.6) is 0 Å². The van der Waals surface area contributed by atoms with E-state index < -0.39 is 0 Å². The lowest BCUT2D eigenvalue weighted by atomic mass is 9.43. The molecule has 1 aromatic heterocycles. The lowest BCUT2D eigenvalue weighted by Gasteiger charge is -2.48. The van der Waals surface area contributed by atoms with Gasteiger partial charge < -0.3 is 14.1 Å². The summed E-state index contributed by atoms with van der Waals surface area (Å²) in [7, 11) is 0. The van der Waals surface area contributed by atoms with Gasteiger partial charge in [0.25, 0.3) is 0 Å². The summed E-state index contributed by atoms with van der Waals surface area (Å²) in [5.41, 5.74) is 15.4. The van der Waals surface area contributed by atoms with Gasteiger partial charge >= 0.3 is 6.85 Å². The predicted octanol–water partition coefficient (Wildman–Crippen LogP) is 11.6. The van der Waals surface area contributed by atoms with Crippen LogP contribution in [0.3, 0.4) is 0 Å². The molecule has 0 amide bonds. The van der Waals surface area contributed by atoms with E-state index in [-0.39, 0.29) is 6.85 Å². The van der Waals surface area contributed by atoms with E-state index in [2.05, 4.69) is 174 Å². The van der Waals surface area contributed by atoms with Crippen LogP contribution >= 0.6 is 11.8 Å². The summed E-state index contributed by atoms with van der Waals surface area (Å²) in [5.74, 6) is 0. The van der Waals surface area contributed by atoms with Crippen molar-refractivity contribution in [3.05, 3.63) is 164 Å². The van der Waals surface area contributed by atoms with Crippen LogP contribution in [0.4, 0.5) is 28.4 Å². The molecule has 3 aliphatic heterocycles. The van der Waals surface area contributed by atoms with E-state index in [0.717, 1.165) is 16.6 Å². The SMILES string of the molecule is c1ccc(-c2ccc(N3B4c5cccc6c5N(c5ccccc5S6)c5c4c(cc4oc6ccccc6c54)-c4ccc5ccccc5c43)cc2)cc1. The molecule has 3 aliphatic rings. The highest BCUT2D eigenvalue weighted by Crippen LogP contribution is 2.57. The van der Waals surface area contributed by atoms with Gasteiger partial charge in [0, 0.05) is 37.5 Å². The highest BCUT2D eigenvalue weighted by molar-refractivity contribution is 7.99. The molecule has 8 aromatic carbocycles. The second kappa shape index (κ2) is 10.2. The lowest BCUT2D eigenvalue weighted by molar-refractivity contribution is 0.669. The van der Waals surface area contributed by atoms with Crippen LogP contribution in [0.1, 0.15) is 0 Å². The van der Waals surface area contributed by atoms with Crippen LogP contribution < -0.4 is 20.6 Å². The number of furan rings is 1. The fourth-order valence-electron chi connectivity index (χ4n) is 8.90. The maximum Gasteiger partial charge on any atom is 0.333 e. The molecular formula is C46H27BN2OS. The predicted molar refractivity (Wildman–Crippen MR) is 215 cm³/mol. The van der Waals surface area contributed by atoms with Crippen molar-refractivity contribution in [2.75, 3.05) is 9.71 Å². The Morgan fingerprint density at radius 1 is 0.510 bits per heavy atom. The molecule has 0 spiro atoms. The summed E-state index contributed by atoms with van der Waals surface area (Å²) in [5, 5.41) is 4.78. The van der Waals surface area contributed by atoms with Crippen LogP contribution in [0.25, 0.3) is 55.0 Å². The van der Waals surface area contributed by atoms with Crippen molar-refractivity contribution < 1.29 is 4.42 Å². The molecule has 0 aliphatic carbocycles. The zero-order valence-corrected chi connectivity index (χ0v) is 28.2. The fraction of sp³-hybridized carbons (Fsp3) is 0. The van der Waals surface area contributed by atoms with E-state index >= 15 is 0 Å². The summed E-state index contributed by atoms with van der Waals surface area (Å²) in [6.45, 7) is -0.0778. The molecule has 51 heavy (non-hydrogen) atoms. The Hall–Kier alpha value is -6.17. The zero-order chi connectivity index (χ0) is 33.2. The molecule has 0 N–H and O–H groups in total. The molecule has 0 atom stereocenters. The number of hydrogen-bond acceptors (Lipinski definition) is 4. The fourth-order valence-corrected chi connectivity index (χ4v) is 10.0. The minimum atomic E-state index is -0.0778. The number of nitrogens with zero attached hydrogens (tertiary/aromatic N) is 2. The van der Waals surface area contributed by atoms with Crippen molar-refractivity contribution >= 4 is 90.7 Å². The Labute approximate surface area is 299 Å². The second-order valence-corrected chi connectivity index (χ2v) is 14.7. The first kappa shape index (κ1) is 27.6. The molecule has 0 saturated carbocycles. The van der Waals surface area contributed by atoms with Gasteiger partial charge in [0.1, 0.15) is 11.2 Å². The number of hydrogen-bond donors (Lipinski definition) is 0. The molecule has 0 radical (unpaired) electrons. The highest BCUT2D eigenvalue weighted by Gasteiger charge is 2.48. The molecule has 0 unspecified atom stereocenters. The van der Waals surface area contributed by atoms with Crippen LogP contribution in [0, 0.1) is 0 Å². The lowest BCUT2D eigenvalue weighted by Crippen LogP contribution is -2.62. The largest absolute Gasteiger partial charge is 0.456 e. The van der Waals surface area contributed by atoms with E-state index in [0.29, 0.717) is 0 Å². The van der Waals surface area contributed by atoms with Crippen LogP contribution in [0.15, 0.2) is 178 Å². The Kier molecular flexibility index (Phi) is 5.52. The third-order valence-electron chi connectivity index (χ3n) is 11.0. The van der Waals surface area contributed by atoms with Gasteiger partial charge in [-0.15, -0.1) is 0 Å². The average Bonchev–Trinajstić information content (AvgIpc) is 3.57. The first-order chi connectivity index (χ1) is 25.3. The van der Waals surface area contributed by atoms with Crippen LogP contribution in [-0.2, 0) is 0 Å². The summed E-state index contributed by atoms with van der Waals surface area (Å²) in [6, 6.07) is 59.9.